The van der Waals surface area contributed by atoms with Gasteiger partial charge in [0.2, 0.25) is 0 Å². The number of rotatable bonds is 8. The van der Waals surface area contributed by atoms with Crippen molar-refractivity contribution in [3.05, 3.63) is 59.7 Å². The number of nitrogens with one attached hydrogen (secondary N) is 2. The number of anilines is 2. The SMILES string of the molecule is CCOP(=O)(Cc1ccc(NC(=O)Nc2c(F)cccc2F)cc1)OCC. The van der Waals surface area contributed by atoms with E-state index in [0.717, 1.165) is 12.1 Å². The van der Waals surface area contributed by atoms with Crippen LogP contribution in [0.3, 0.4) is 0 Å². The fraction of sp³-hybridized carbons (Fsp3) is 0.278. The van der Waals surface area contributed by atoms with Gasteiger partial charge >= 0.3 is 13.6 Å². The second-order valence-electron chi connectivity index (χ2n) is 5.48. The highest BCUT2D eigenvalue weighted by molar-refractivity contribution is 7.53. The maximum absolute atomic E-state index is 13.6. The number of carbonyl (C=O) groups excluding carboxylic acids is 1. The van der Waals surface area contributed by atoms with Gasteiger partial charge in [-0.25, -0.2) is 13.6 Å². The number of amides is 2. The smallest absolute Gasteiger partial charge is 0.309 e. The topological polar surface area (TPSA) is 76.7 Å². The van der Waals surface area contributed by atoms with Gasteiger partial charge in [-0.15, -0.1) is 0 Å². The third-order valence-corrected chi connectivity index (χ3v) is 5.50. The van der Waals surface area contributed by atoms with Crippen LogP contribution in [-0.2, 0) is 19.8 Å². The Bertz CT molecular complexity index is 800. The molecule has 0 unspecified atom stereocenters. The van der Waals surface area contributed by atoms with Gasteiger partial charge in [0.15, 0.2) is 0 Å². The summed E-state index contributed by atoms with van der Waals surface area (Å²) in [7, 11) is -3.22. The van der Waals surface area contributed by atoms with Crippen molar-refractivity contribution in [3.8, 4) is 0 Å². The number of halogens is 2. The summed E-state index contributed by atoms with van der Waals surface area (Å²) in [6.45, 7) is 4.00. The Hall–Kier alpha value is -2.28. The lowest BCUT2D eigenvalue weighted by Crippen LogP contribution is -2.20. The van der Waals surface area contributed by atoms with Crippen LogP contribution in [0.1, 0.15) is 19.4 Å². The van der Waals surface area contributed by atoms with Gasteiger partial charge in [-0.05, 0) is 43.7 Å². The van der Waals surface area contributed by atoms with Crippen LogP contribution < -0.4 is 10.6 Å². The first-order valence-electron chi connectivity index (χ1n) is 8.36. The summed E-state index contributed by atoms with van der Waals surface area (Å²) in [4.78, 5) is 11.9. The molecule has 2 amide bonds. The fourth-order valence-electron chi connectivity index (χ4n) is 2.33. The first-order chi connectivity index (χ1) is 12.9. The molecule has 0 fully saturated rings. The standard InChI is InChI=1S/C18H21F2N2O4P/c1-3-25-27(24,26-4-2)12-13-8-10-14(11-9-13)21-18(23)22-17-15(19)6-5-7-16(17)20/h5-11H,3-4,12H2,1-2H3,(H2,21,22,23). The molecule has 0 saturated carbocycles. The van der Waals surface area contributed by atoms with Crippen LogP contribution in [-0.4, -0.2) is 19.2 Å². The van der Waals surface area contributed by atoms with Gasteiger partial charge in [0, 0.05) is 5.69 Å². The van der Waals surface area contributed by atoms with Crippen LogP contribution in [0.4, 0.5) is 25.0 Å². The maximum Gasteiger partial charge on any atom is 0.335 e. The van der Waals surface area contributed by atoms with Crippen molar-refractivity contribution in [1.82, 2.24) is 0 Å². The summed E-state index contributed by atoms with van der Waals surface area (Å²) in [5.41, 5.74) is 0.572. The average molecular weight is 398 g/mol. The highest BCUT2D eigenvalue weighted by Crippen LogP contribution is 2.51. The van der Waals surface area contributed by atoms with Crippen LogP contribution in [0.25, 0.3) is 0 Å². The molecular formula is C18H21F2N2O4P. The molecular weight excluding hydrogens is 377 g/mol. The first-order valence-corrected chi connectivity index (χ1v) is 10.1. The number of hydrogen-bond donors (Lipinski definition) is 2. The minimum atomic E-state index is -3.22. The predicted molar refractivity (Wildman–Crippen MR) is 100 cm³/mol. The lowest BCUT2D eigenvalue weighted by Gasteiger charge is -2.17. The maximum atomic E-state index is 13.6. The van der Waals surface area contributed by atoms with E-state index in [2.05, 4.69) is 10.6 Å². The summed E-state index contributed by atoms with van der Waals surface area (Å²) in [6, 6.07) is 8.97. The zero-order chi connectivity index (χ0) is 19.9. The lowest BCUT2D eigenvalue weighted by molar-refractivity contribution is 0.219. The van der Waals surface area contributed by atoms with Gasteiger partial charge in [0.05, 0.1) is 19.4 Å². The molecule has 0 saturated heterocycles. The third-order valence-electron chi connectivity index (χ3n) is 3.44. The van der Waals surface area contributed by atoms with Gasteiger partial charge in [-0.3, -0.25) is 4.57 Å². The fourth-order valence-corrected chi connectivity index (χ4v) is 4.03. The van der Waals surface area contributed by atoms with E-state index in [1.807, 2.05) is 0 Å². The van der Waals surface area contributed by atoms with E-state index < -0.39 is 30.9 Å². The molecule has 2 aromatic carbocycles. The number of hydrogen-bond acceptors (Lipinski definition) is 4. The number of urea groups is 1. The van der Waals surface area contributed by atoms with Crippen molar-refractivity contribution < 1.29 is 27.2 Å². The summed E-state index contributed by atoms with van der Waals surface area (Å²) in [5.74, 6) is -1.74. The van der Waals surface area contributed by atoms with E-state index >= 15 is 0 Å². The quantitative estimate of drug-likeness (QED) is 0.586. The Kier molecular flexibility index (Phi) is 7.47. The van der Waals surface area contributed by atoms with Crippen molar-refractivity contribution in [1.29, 1.82) is 0 Å². The molecule has 146 valence electrons. The van der Waals surface area contributed by atoms with E-state index in [0.29, 0.717) is 11.3 Å². The molecule has 0 heterocycles. The monoisotopic (exact) mass is 398 g/mol. The van der Waals surface area contributed by atoms with Crippen molar-refractivity contribution >= 4 is 25.0 Å². The molecule has 0 aliphatic carbocycles. The van der Waals surface area contributed by atoms with E-state index in [1.54, 1.807) is 38.1 Å². The van der Waals surface area contributed by atoms with Crippen molar-refractivity contribution in [2.75, 3.05) is 23.8 Å². The molecule has 0 aromatic heterocycles. The minimum Gasteiger partial charge on any atom is -0.309 e. The Morgan fingerprint density at radius 3 is 2.04 bits per heavy atom. The second-order valence-corrected chi connectivity index (χ2v) is 7.53. The molecule has 2 rings (SSSR count). The summed E-state index contributed by atoms with van der Waals surface area (Å²) in [5, 5.41) is 4.60. The molecule has 27 heavy (non-hydrogen) atoms. The Morgan fingerprint density at radius 1 is 0.963 bits per heavy atom. The van der Waals surface area contributed by atoms with E-state index in [1.165, 1.54) is 6.07 Å². The first kappa shape index (κ1) is 21.0. The molecule has 6 nitrogen and oxygen atoms in total. The Labute approximate surface area is 156 Å². The molecule has 9 heteroatoms. The van der Waals surface area contributed by atoms with Crippen molar-refractivity contribution in [3.63, 3.8) is 0 Å². The second kappa shape index (κ2) is 9.60. The lowest BCUT2D eigenvalue weighted by atomic mass is 10.2. The number of benzene rings is 2. The van der Waals surface area contributed by atoms with Crippen LogP contribution in [0, 0.1) is 11.6 Å². The third kappa shape index (κ3) is 6.13. The van der Waals surface area contributed by atoms with Gasteiger partial charge in [0.25, 0.3) is 0 Å². The van der Waals surface area contributed by atoms with Crippen molar-refractivity contribution in [2.24, 2.45) is 0 Å². The van der Waals surface area contributed by atoms with E-state index in [4.69, 9.17) is 9.05 Å². The van der Waals surface area contributed by atoms with Gasteiger partial charge in [-0.2, -0.15) is 0 Å². The molecule has 2 N–H and O–H groups in total. The molecule has 0 spiro atoms. The average Bonchev–Trinajstić information content (AvgIpc) is 2.60. The van der Waals surface area contributed by atoms with Gasteiger partial charge < -0.3 is 19.7 Å². The zero-order valence-corrected chi connectivity index (χ0v) is 15.9. The van der Waals surface area contributed by atoms with Crippen LogP contribution in [0.15, 0.2) is 42.5 Å². The van der Waals surface area contributed by atoms with Gasteiger partial charge in [-0.1, -0.05) is 18.2 Å². The predicted octanol–water partition coefficient (Wildman–Crippen LogP) is 5.37. The zero-order valence-electron chi connectivity index (χ0n) is 15.0. The number of carbonyl (C=O) groups is 1. The van der Waals surface area contributed by atoms with Gasteiger partial charge in [0.1, 0.15) is 17.3 Å². The van der Waals surface area contributed by atoms with E-state index in [-0.39, 0.29) is 19.4 Å². The summed E-state index contributed by atoms with van der Waals surface area (Å²) < 4.78 is 50.1. The number of para-hydroxylation sites is 1. The highest BCUT2D eigenvalue weighted by Gasteiger charge is 2.24. The van der Waals surface area contributed by atoms with Crippen LogP contribution in [0.5, 0.6) is 0 Å². The summed E-state index contributed by atoms with van der Waals surface area (Å²) >= 11 is 0. The van der Waals surface area contributed by atoms with Crippen molar-refractivity contribution in [2.45, 2.75) is 20.0 Å². The van der Waals surface area contributed by atoms with Crippen LogP contribution in [0.2, 0.25) is 0 Å². The molecule has 2 aromatic rings. The van der Waals surface area contributed by atoms with Crippen LogP contribution >= 0.6 is 7.60 Å². The molecule has 0 atom stereocenters. The molecule has 0 radical (unpaired) electrons. The minimum absolute atomic E-state index is 0.0988. The molecule has 0 aliphatic heterocycles. The Morgan fingerprint density at radius 2 is 1.52 bits per heavy atom. The largest absolute Gasteiger partial charge is 0.335 e. The highest BCUT2D eigenvalue weighted by atomic mass is 31.2. The molecule has 0 bridgehead atoms. The Balaban J connectivity index is 2.01. The normalized spacial score (nSPS) is 11.3. The van der Waals surface area contributed by atoms with E-state index in [9.17, 15) is 18.1 Å². The molecule has 0 aliphatic rings. The summed E-state index contributed by atoms with van der Waals surface area (Å²) in [6.07, 6.45) is 0.0988.